The summed E-state index contributed by atoms with van der Waals surface area (Å²) in [7, 11) is 0. The lowest BCUT2D eigenvalue weighted by Gasteiger charge is -2.44. The van der Waals surface area contributed by atoms with Crippen LogP contribution in [0, 0.1) is 5.92 Å². The van der Waals surface area contributed by atoms with Gasteiger partial charge in [0.2, 0.25) is 9.70 Å². The molecular weight excluding hydrogens is 491 g/mol. The molecule has 6 nitrogen and oxygen atoms in total. The van der Waals surface area contributed by atoms with Crippen LogP contribution in [0.4, 0.5) is 0 Å². The van der Waals surface area contributed by atoms with Crippen LogP contribution < -0.4 is 16.2 Å². The Morgan fingerprint density at radius 1 is 1.06 bits per heavy atom. The molecule has 0 saturated carbocycles. The average Bonchev–Trinajstić information content (AvgIpc) is 2.74. The largest absolute Gasteiger partial charge is 0.348 e. The molecule has 2 aromatic rings. The number of benzene rings is 1. The maximum atomic E-state index is 12.5. The minimum atomic E-state index is -1.80. The normalized spacial score (nSPS) is 20.8. The molecule has 32 heavy (non-hydrogen) atoms. The molecule has 3 atom stereocenters. The third-order valence-electron chi connectivity index (χ3n) is 5.87. The van der Waals surface area contributed by atoms with Crippen molar-refractivity contribution in [2.45, 2.75) is 35.3 Å². The van der Waals surface area contributed by atoms with E-state index < -0.39 is 9.96 Å². The fourth-order valence-corrected chi connectivity index (χ4v) is 5.06. The average molecular weight is 514 g/mol. The smallest absolute Gasteiger partial charge is 0.250 e. The van der Waals surface area contributed by atoms with Crippen molar-refractivity contribution in [1.29, 1.82) is 0 Å². The Hall–Kier alpha value is -1.80. The maximum Gasteiger partial charge on any atom is 0.250 e. The zero-order valence-corrected chi connectivity index (χ0v) is 20.2. The van der Waals surface area contributed by atoms with Gasteiger partial charge in [0.05, 0.1) is 6.42 Å². The number of rotatable bonds is 4. The third-order valence-corrected chi connectivity index (χ3v) is 6.91. The fraction of sp³-hybridized carbons (Fsp3) is 0.409. The molecular formula is C22H23Cl3N4O2S. The number of amides is 1. The van der Waals surface area contributed by atoms with Crippen molar-refractivity contribution < 1.29 is 4.79 Å². The van der Waals surface area contributed by atoms with Crippen LogP contribution >= 0.6 is 47.0 Å². The first-order valence-corrected chi connectivity index (χ1v) is 11.9. The molecule has 0 spiro atoms. The highest BCUT2D eigenvalue weighted by Gasteiger charge is 2.38. The molecule has 0 radical (unpaired) electrons. The predicted molar refractivity (Wildman–Crippen MR) is 131 cm³/mol. The van der Waals surface area contributed by atoms with Crippen molar-refractivity contribution in [1.82, 2.24) is 20.1 Å². The van der Waals surface area contributed by atoms with Gasteiger partial charge in [0, 0.05) is 37.3 Å². The van der Waals surface area contributed by atoms with E-state index in [9.17, 15) is 9.59 Å². The first-order valence-electron chi connectivity index (χ1n) is 10.4. The molecule has 4 rings (SSSR count). The van der Waals surface area contributed by atoms with Crippen LogP contribution in [0.3, 0.4) is 0 Å². The van der Waals surface area contributed by atoms with Crippen molar-refractivity contribution in [3.05, 3.63) is 70.1 Å². The molecule has 10 heteroatoms. The number of hydrogen-bond donors (Lipinski definition) is 2. The van der Waals surface area contributed by atoms with Crippen LogP contribution in [0.25, 0.3) is 0 Å². The minimum absolute atomic E-state index is 0.0312. The maximum absolute atomic E-state index is 12.5. The van der Waals surface area contributed by atoms with Crippen molar-refractivity contribution >= 4 is 58.0 Å². The zero-order valence-electron chi connectivity index (χ0n) is 17.1. The van der Waals surface area contributed by atoms with Crippen LogP contribution in [-0.2, 0) is 17.8 Å². The molecule has 2 aliphatic heterocycles. The molecule has 2 aliphatic rings. The number of halogens is 3. The van der Waals surface area contributed by atoms with Gasteiger partial charge in [0.1, 0.15) is 6.17 Å². The number of nitrogens with zero attached hydrogens (tertiary/aromatic N) is 2. The summed E-state index contributed by atoms with van der Waals surface area (Å²) in [6, 6.07) is 14.7. The topological polar surface area (TPSA) is 66.4 Å². The first-order chi connectivity index (χ1) is 15.2. The van der Waals surface area contributed by atoms with Crippen molar-refractivity contribution in [3.63, 3.8) is 0 Å². The Kier molecular flexibility index (Phi) is 7.00. The molecule has 2 bridgehead atoms. The van der Waals surface area contributed by atoms with Gasteiger partial charge in [-0.15, -0.1) is 0 Å². The number of pyridine rings is 1. The van der Waals surface area contributed by atoms with E-state index >= 15 is 0 Å². The fourth-order valence-electron chi connectivity index (χ4n) is 4.47. The summed E-state index contributed by atoms with van der Waals surface area (Å²) in [6.07, 6.45) is 0.170. The van der Waals surface area contributed by atoms with Crippen LogP contribution in [0.1, 0.15) is 23.6 Å². The Balaban J connectivity index is 1.43. The van der Waals surface area contributed by atoms with E-state index in [1.807, 2.05) is 45.9 Å². The highest BCUT2D eigenvalue weighted by molar-refractivity contribution is 7.80. The van der Waals surface area contributed by atoms with E-state index in [4.69, 9.17) is 47.0 Å². The van der Waals surface area contributed by atoms with Crippen LogP contribution in [0.5, 0.6) is 0 Å². The number of nitrogens with one attached hydrogen (secondary N) is 2. The third kappa shape index (κ3) is 5.39. The molecule has 0 aliphatic carbocycles. The van der Waals surface area contributed by atoms with Crippen LogP contribution in [-0.4, -0.2) is 43.5 Å². The molecule has 3 heterocycles. The monoisotopic (exact) mass is 512 g/mol. The number of piperidine rings is 1. The summed E-state index contributed by atoms with van der Waals surface area (Å²) in [5.74, 6) is 0.196. The molecule has 170 valence electrons. The SMILES string of the molecule is O=C(Cc1ccccc1)NC(NC(=S)N1C[C@H]2C[C@H](C1)c1cccc(=O)n1C2)C(Cl)(Cl)Cl. The van der Waals surface area contributed by atoms with Gasteiger partial charge in [-0.2, -0.15) is 0 Å². The lowest BCUT2D eigenvalue weighted by Crippen LogP contribution is -2.60. The van der Waals surface area contributed by atoms with E-state index in [-0.39, 0.29) is 23.8 Å². The number of hydrogen-bond acceptors (Lipinski definition) is 3. The molecule has 1 fully saturated rings. The van der Waals surface area contributed by atoms with Gasteiger partial charge >= 0.3 is 0 Å². The lowest BCUT2D eigenvalue weighted by atomic mass is 9.83. The number of alkyl halides is 3. The summed E-state index contributed by atoms with van der Waals surface area (Å²) in [5.41, 5.74) is 1.91. The lowest BCUT2D eigenvalue weighted by molar-refractivity contribution is -0.121. The molecule has 1 saturated heterocycles. The quantitative estimate of drug-likeness (QED) is 0.373. The van der Waals surface area contributed by atoms with E-state index in [2.05, 4.69) is 10.6 Å². The van der Waals surface area contributed by atoms with Gasteiger partial charge in [0.15, 0.2) is 5.11 Å². The van der Waals surface area contributed by atoms with E-state index in [1.165, 1.54) is 0 Å². The van der Waals surface area contributed by atoms with Crippen molar-refractivity contribution in [2.24, 2.45) is 5.92 Å². The predicted octanol–water partition coefficient (Wildman–Crippen LogP) is 3.20. The molecule has 1 aromatic heterocycles. The van der Waals surface area contributed by atoms with Gasteiger partial charge in [-0.1, -0.05) is 71.2 Å². The van der Waals surface area contributed by atoms with Gasteiger partial charge in [-0.05, 0) is 36.2 Å². The highest BCUT2D eigenvalue weighted by Crippen LogP contribution is 2.35. The molecule has 1 amide bonds. The second-order valence-electron chi connectivity index (χ2n) is 8.26. The number of thiocarbonyl (C=S) groups is 1. The van der Waals surface area contributed by atoms with Gasteiger partial charge < -0.3 is 20.1 Å². The summed E-state index contributed by atoms with van der Waals surface area (Å²) >= 11 is 24.1. The number of likely N-dealkylation sites (tertiary alicyclic amines) is 1. The van der Waals surface area contributed by atoms with Gasteiger partial charge in [0.25, 0.3) is 5.56 Å². The summed E-state index contributed by atoms with van der Waals surface area (Å²) < 4.78 is 0.0581. The van der Waals surface area contributed by atoms with E-state index in [0.29, 0.717) is 30.7 Å². The molecule has 1 unspecified atom stereocenters. The number of carbonyl (C=O) groups is 1. The Morgan fingerprint density at radius 2 is 1.81 bits per heavy atom. The number of aromatic nitrogens is 1. The second kappa shape index (κ2) is 9.59. The molecule has 1 aromatic carbocycles. The van der Waals surface area contributed by atoms with Gasteiger partial charge in [-0.25, -0.2) is 0 Å². The summed E-state index contributed by atoms with van der Waals surface area (Å²) in [4.78, 5) is 26.8. The Bertz CT molecular complexity index is 1060. The van der Waals surface area contributed by atoms with Gasteiger partial charge in [-0.3, -0.25) is 9.59 Å². The molecule has 2 N–H and O–H groups in total. The van der Waals surface area contributed by atoms with Crippen molar-refractivity contribution in [3.8, 4) is 0 Å². The van der Waals surface area contributed by atoms with Crippen LogP contribution in [0.2, 0.25) is 0 Å². The van der Waals surface area contributed by atoms with E-state index in [0.717, 1.165) is 17.7 Å². The van der Waals surface area contributed by atoms with E-state index in [1.54, 1.807) is 12.1 Å². The highest BCUT2D eigenvalue weighted by atomic mass is 35.6. The summed E-state index contributed by atoms with van der Waals surface area (Å²) in [5, 5.41) is 6.18. The second-order valence-corrected chi connectivity index (χ2v) is 11.0. The Morgan fingerprint density at radius 3 is 2.53 bits per heavy atom. The first kappa shape index (κ1) is 23.4. The zero-order chi connectivity index (χ0) is 22.9. The Labute approximate surface area is 206 Å². The minimum Gasteiger partial charge on any atom is -0.348 e. The number of fused-ring (bicyclic) bond motifs is 4. The van der Waals surface area contributed by atoms with Crippen molar-refractivity contribution in [2.75, 3.05) is 13.1 Å². The van der Waals surface area contributed by atoms with Crippen LogP contribution in [0.15, 0.2) is 53.3 Å². The number of carbonyl (C=O) groups excluding carboxylic acids is 1. The standard InChI is InChI=1S/C22H23Cl3N4O2S/c23-22(24,25)20(26-18(30)10-14-5-2-1-3-6-14)27-21(32)28-11-15-9-16(13-28)17-7-4-8-19(31)29(17)12-15/h1-8,15-16,20H,9-13H2,(H,26,30)(H,27,32)/t15-,16-,20?/m1/s1. The summed E-state index contributed by atoms with van der Waals surface area (Å²) in [6.45, 7) is 2.00.